The summed E-state index contributed by atoms with van der Waals surface area (Å²) in [5, 5.41) is 11.9. The first-order valence-electron chi connectivity index (χ1n) is 5.67. The minimum absolute atomic E-state index is 0.258. The first kappa shape index (κ1) is 11.0. The van der Waals surface area contributed by atoms with Crippen LogP contribution in [0.3, 0.4) is 0 Å². The molecule has 1 unspecified atom stereocenters. The predicted molar refractivity (Wildman–Crippen MR) is 55.7 cm³/mol. The van der Waals surface area contributed by atoms with Gasteiger partial charge in [0.25, 0.3) is 0 Å². The van der Waals surface area contributed by atoms with Gasteiger partial charge in [-0.25, -0.2) is 0 Å². The minimum atomic E-state index is 0.258. The molecule has 13 heavy (non-hydrogen) atoms. The third-order valence-electron chi connectivity index (χ3n) is 3.09. The molecule has 1 aliphatic rings. The van der Waals surface area contributed by atoms with Gasteiger partial charge in [-0.3, -0.25) is 0 Å². The van der Waals surface area contributed by atoms with E-state index in [1.807, 2.05) is 0 Å². The Hall–Kier alpha value is -0.0800. The Balaban J connectivity index is 1.97. The molecule has 0 amide bonds. The smallest absolute Gasteiger partial charge is 0.0556 e. The van der Waals surface area contributed by atoms with Gasteiger partial charge in [-0.2, -0.15) is 0 Å². The van der Waals surface area contributed by atoms with Gasteiger partial charge in [0.15, 0.2) is 0 Å². The lowest BCUT2D eigenvalue weighted by Gasteiger charge is -2.15. The molecular weight excluding hydrogens is 162 g/mol. The van der Waals surface area contributed by atoms with Crippen LogP contribution in [0.15, 0.2) is 0 Å². The zero-order valence-electron chi connectivity index (χ0n) is 8.76. The highest BCUT2D eigenvalue weighted by molar-refractivity contribution is 4.70. The molecule has 1 fully saturated rings. The van der Waals surface area contributed by atoms with Crippen molar-refractivity contribution in [3.63, 3.8) is 0 Å². The Kier molecular flexibility index (Phi) is 5.40. The first-order valence-corrected chi connectivity index (χ1v) is 5.67. The van der Waals surface area contributed by atoms with Crippen LogP contribution in [-0.4, -0.2) is 24.3 Å². The van der Waals surface area contributed by atoms with Gasteiger partial charge < -0.3 is 10.4 Å². The van der Waals surface area contributed by atoms with Crippen molar-refractivity contribution in [3.05, 3.63) is 0 Å². The average molecular weight is 185 g/mol. The first-order chi connectivity index (χ1) is 6.33. The van der Waals surface area contributed by atoms with Gasteiger partial charge in [-0.1, -0.05) is 25.7 Å². The third-order valence-corrected chi connectivity index (χ3v) is 3.09. The summed E-state index contributed by atoms with van der Waals surface area (Å²) in [5.74, 6) is 0.998. The number of rotatable bonds is 6. The van der Waals surface area contributed by atoms with Crippen LogP contribution < -0.4 is 5.32 Å². The summed E-state index contributed by atoms with van der Waals surface area (Å²) in [7, 11) is 0. The Bertz CT molecular complexity index is 121. The summed E-state index contributed by atoms with van der Waals surface area (Å²) in [4.78, 5) is 0. The lowest BCUT2D eigenvalue weighted by molar-refractivity contribution is 0.281. The van der Waals surface area contributed by atoms with Gasteiger partial charge in [0, 0.05) is 12.6 Å². The fourth-order valence-corrected chi connectivity index (χ4v) is 2.20. The van der Waals surface area contributed by atoms with Crippen LogP contribution in [0.25, 0.3) is 0 Å². The second-order valence-corrected chi connectivity index (χ2v) is 4.31. The van der Waals surface area contributed by atoms with Crippen LogP contribution in [0.2, 0.25) is 0 Å². The Morgan fingerprint density at radius 1 is 1.38 bits per heavy atom. The molecule has 0 heterocycles. The van der Waals surface area contributed by atoms with E-state index in [4.69, 9.17) is 5.11 Å². The molecule has 1 rings (SSSR count). The molecule has 2 nitrogen and oxygen atoms in total. The highest BCUT2D eigenvalue weighted by Crippen LogP contribution is 2.28. The molecular formula is C11H23NO. The topological polar surface area (TPSA) is 32.3 Å². The van der Waals surface area contributed by atoms with Gasteiger partial charge >= 0.3 is 0 Å². The van der Waals surface area contributed by atoms with E-state index in [-0.39, 0.29) is 6.61 Å². The van der Waals surface area contributed by atoms with Crippen molar-refractivity contribution in [3.8, 4) is 0 Å². The fraction of sp³-hybridized carbons (Fsp3) is 1.00. The second kappa shape index (κ2) is 6.39. The molecule has 1 atom stereocenters. The lowest BCUT2D eigenvalue weighted by Crippen LogP contribution is -2.29. The summed E-state index contributed by atoms with van der Waals surface area (Å²) in [6.45, 7) is 3.21. The van der Waals surface area contributed by atoms with Crippen LogP contribution in [-0.2, 0) is 0 Å². The van der Waals surface area contributed by atoms with Crippen molar-refractivity contribution in [1.29, 1.82) is 0 Å². The molecule has 0 bridgehead atoms. The fourth-order valence-electron chi connectivity index (χ4n) is 2.20. The SMILES string of the molecule is CC(CCC1CCCC1)NCCO. The van der Waals surface area contributed by atoms with Crippen molar-refractivity contribution in [2.75, 3.05) is 13.2 Å². The van der Waals surface area contributed by atoms with Gasteiger partial charge in [0.2, 0.25) is 0 Å². The molecule has 2 heteroatoms. The van der Waals surface area contributed by atoms with E-state index in [1.54, 1.807) is 0 Å². The summed E-state index contributed by atoms with van der Waals surface area (Å²) in [6.07, 6.45) is 8.44. The number of hydrogen-bond acceptors (Lipinski definition) is 2. The van der Waals surface area contributed by atoms with Crippen LogP contribution in [0.5, 0.6) is 0 Å². The maximum absolute atomic E-state index is 8.63. The lowest BCUT2D eigenvalue weighted by atomic mass is 9.99. The molecule has 0 radical (unpaired) electrons. The maximum atomic E-state index is 8.63. The number of aliphatic hydroxyl groups excluding tert-OH is 1. The molecule has 0 aromatic heterocycles. The van der Waals surface area contributed by atoms with E-state index < -0.39 is 0 Å². The average Bonchev–Trinajstić information content (AvgIpc) is 2.64. The van der Waals surface area contributed by atoms with Crippen molar-refractivity contribution in [2.45, 2.75) is 51.5 Å². The highest BCUT2D eigenvalue weighted by atomic mass is 16.3. The van der Waals surface area contributed by atoms with Crippen molar-refractivity contribution in [2.24, 2.45) is 5.92 Å². The standard InChI is InChI=1S/C11H23NO/c1-10(12-8-9-13)6-7-11-4-2-3-5-11/h10-13H,2-9H2,1H3. The molecule has 2 N–H and O–H groups in total. The van der Waals surface area contributed by atoms with Crippen molar-refractivity contribution < 1.29 is 5.11 Å². The highest BCUT2D eigenvalue weighted by Gasteiger charge is 2.15. The van der Waals surface area contributed by atoms with E-state index in [1.165, 1.54) is 38.5 Å². The van der Waals surface area contributed by atoms with Gasteiger partial charge in [-0.05, 0) is 25.7 Å². The number of nitrogens with one attached hydrogen (secondary N) is 1. The van der Waals surface area contributed by atoms with Crippen LogP contribution in [0, 0.1) is 5.92 Å². The molecule has 0 aromatic rings. The van der Waals surface area contributed by atoms with E-state index in [0.717, 1.165) is 12.5 Å². The normalized spacial score (nSPS) is 20.8. The summed E-state index contributed by atoms with van der Waals surface area (Å²) >= 11 is 0. The van der Waals surface area contributed by atoms with Gasteiger partial charge in [-0.15, -0.1) is 0 Å². The van der Waals surface area contributed by atoms with Crippen LogP contribution in [0.4, 0.5) is 0 Å². The van der Waals surface area contributed by atoms with E-state index >= 15 is 0 Å². The summed E-state index contributed by atoms with van der Waals surface area (Å²) < 4.78 is 0. The number of hydrogen-bond donors (Lipinski definition) is 2. The van der Waals surface area contributed by atoms with Crippen molar-refractivity contribution in [1.82, 2.24) is 5.32 Å². The Morgan fingerprint density at radius 3 is 2.69 bits per heavy atom. The Labute approximate surface area is 81.7 Å². The van der Waals surface area contributed by atoms with Gasteiger partial charge in [0.1, 0.15) is 0 Å². The van der Waals surface area contributed by atoms with E-state index in [0.29, 0.717) is 6.04 Å². The zero-order valence-corrected chi connectivity index (χ0v) is 8.76. The van der Waals surface area contributed by atoms with E-state index in [9.17, 15) is 0 Å². The molecule has 1 aliphatic carbocycles. The summed E-state index contributed by atoms with van der Waals surface area (Å²) in [6, 6.07) is 0.577. The molecule has 1 saturated carbocycles. The molecule has 0 spiro atoms. The van der Waals surface area contributed by atoms with Gasteiger partial charge in [0.05, 0.1) is 6.61 Å². The molecule has 78 valence electrons. The van der Waals surface area contributed by atoms with Crippen LogP contribution in [0.1, 0.15) is 45.4 Å². The number of aliphatic hydroxyl groups is 1. The quantitative estimate of drug-likeness (QED) is 0.662. The third kappa shape index (κ3) is 4.63. The largest absolute Gasteiger partial charge is 0.395 e. The summed E-state index contributed by atoms with van der Waals surface area (Å²) in [5.41, 5.74) is 0. The van der Waals surface area contributed by atoms with Crippen LogP contribution >= 0.6 is 0 Å². The predicted octanol–water partition coefficient (Wildman–Crippen LogP) is 1.93. The molecule has 0 saturated heterocycles. The monoisotopic (exact) mass is 185 g/mol. The Morgan fingerprint density at radius 2 is 2.08 bits per heavy atom. The second-order valence-electron chi connectivity index (χ2n) is 4.31. The molecule has 0 aliphatic heterocycles. The van der Waals surface area contributed by atoms with Crippen molar-refractivity contribution >= 4 is 0 Å². The minimum Gasteiger partial charge on any atom is -0.395 e. The van der Waals surface area contributed by atoms with E-state index in [2.05, 4.69) is 12.2 Å². The maximum Gasteiger partial charge on any atom is 0.0556 e. The zero-order chi connectivity index (χ0) is 9.52. The molecule has 0 aromatic carbocycles.